The molecule has 0 aromatic heterocycles. The average molecular weight is 438 g/mol. The van der Waals surface area contributed by atoms with Crippen LogP contribution < -0.4 is 21.2 Å². The molecule has 0 heterocycles. The summed E-state index contributed by atoms with van der Waals surface area (Å²) in [6.45, 7) is 0. The molecule has 31 heavy (non-hydrogen) atoms. The Morgan fingerprint density at radius 2 is 0.645 bits per heavy atom. The molecule has 2 atom stereocenters. The van der Waals surface area contributed by atoms with Gasteiger partial charge in [0, 0.05) is 0 Å². The highest BCUT2D eigenvalue weighted by atomic mass is 31.1. The predicted octanol–water partition coefficient (Wildman–Crippen LogP) is 6.17. The van der Waals surface area contributed by atoms with Gasteiger partial charge in [-0.25, -0.2) is 0 Å². The molecule has 0 aliphatic heterocycles. The molecule has 1 fully saturated rings. The molecule has 154 valence electrons. The summed E-state index contributed by atoms with van der Waals surface area (Å²) < 4.78 is 0. The van der Waals surface area contributed by atoms with Crippen molar-refractivity contribution in [3.63, 3.8) is 0 Å². The van der Waals surface area contributed by atoms with Crippen LogP contribution in [0.1, 0.15) is 19.3 Å². The summed E-state index contributed by atoms with van der Waals surface area (Å²) in [5, 5.41) is 6.10. The number of hydrogen-bond acceptors (Lipinski definition) is 0. The fraction of sp³-hybridized carbons (Fsp3) is 0.172. The van der Waals surface area contributed by atoms with Crippen LogP contribution in [0, 0.1) is 0 Å². The summed E-state index contributed by atoms with van der Waals surface area (Å²) in [7, 11) is -0.777. The van der Waals surface area contributed by atoms with Gasteiger partial charge in [-0.1, -0.05) is 128 Å². The van der Waals surface area contributed by atoms with Gasteiger partial charge in [0.1, 0.15) is 0 Å². The topological polar surface area (TPSA) is 0 Å². The second-order valence-corrected chi connectivity index (χ2v) is 13.0. The standard InChI is InChI=1S/C29H28P2/c1-5-14-24(15-6-1)30(25-16-7-2-8-17-25)28-22-13-23-29(28)31(26-18-9-3-10-19-26)27-20-11-4-12-21-27/h1-12,14-21,28-29H,13,22-23H2. The number of rotatable bonds is 6. The smallest absolute Gasteiger partial charge is 0.00551 e. The van der Waals surface area contributed by atoms with Gasteiger partial charge < -0.3 is 0 Å². The molecule has 4 aromatic carbocycles. The van der Waals surface area contributed by atoms with Crippen LogP contribution in [0.15, 0.2) is 121 Å². The van der Waals surface area contributed by atoms with E-state index in [2.05, 4.69) is 121 Å². The van der Waals surface area contributed by atoms with Gasteiger partial charge in [0.15, 0.2) is 0 Å². The third-order valence-electron chi connectivity index (χ3n) is 6.24. The van der Waals surface area contributed by atoms with Crippen LogP contribution in [0.5, 0.6) is 0 Å². The minimum atomic E-state index is -0.388. The van der Waals surface area contributed by atoms with Crippen LogP contribution in [-0.4, -0.2) is 11.3 Å². The van der Waals surface area contributed by atoms with E-state index in [1.165, 1.54) is 40.5 Å². The molecule has 5 rings (SSSR count). The minimum absolute atomic E-state index is 0.388. The summed E-state index contributed by atoms with van der Waals surface area (Å²) >= 11 is 0. The van der Waals surface area contributed by atoms with Gasteiger partial charge >= 0.3 is 0 Å². The Morgan fingerprint density at radius 3 is 0.903 bits per heavy atom. The van der Waals surface area contributed by atoms with Crippen molar-refractivity contribution in [1.29, 1.82) is 0 Å². The second kappa shape index (κ2) is 9.91. The summed E-state index contributed by atoms with van der Waals surface area (Å²) in [6, 6.07) is 45.2. The van der Waals surface area contributed by atoms with Crippen LogP contribution >= 0.6 is 15.8 Å². The lowest BCUT2D eigenvalue weighted by atomic mass is 10.3. The summed E-state index contributed by atoms with van der Waals surface area (Å²) in [5.74, 6) is 0. The lowest BCUT2D eigenvalue weighted by molar-refractivity contribution is 0.888. The Balaban J connectivity index is 1.60. The van der Waals surface area contributed by atoms with E-state index in [4.69, 9.17) is 0 Å². The molecule has 1 saturated carbocycles. The van der Waals surface area contributed by atoms with Gasteiger partial charge in [-0.2, -0.15) is 0 Å². The molecule has 0 nitrogen and oxygen atoms in total. The molecule has 1 aliphatic carbocycles. The minimum Gasteiger partial charge on any atom is -0.0622 e. The molecular weight excluding hydrogens is 410 g/mol. The average Bonchev–Trinajstić information content (AvgIpc) is 3.31. The zero-order chi connectivity index (χ0) is 20.9. The van der Waals surface area contributed by atoms with E-state index in [9.17, 15) is 0 Å². The Labute approximate surface area is 188 Å². The van der Waals surface area contributed by atoms with Crippen LogP contribution in [0.25, 0.3) is 0 Å². The molecule has 0 spiro atoms. The fourth-order valence-electron chi connectivity index (χ4n) is 4.94. The molecule has 4 aromatic rings. The monoisotopic (exact) mass is 438 g/mol. The maximum Gasteiger partial charge on any atom is -0.00551 e. The fourth-order valence-corrected chi connectivity index (χ4v) is 11.7. The first-order valence-electron chi connectivity index (χ1n) is 11.2. The summed E-state index contributed by atoms with van der Waals surface area (Å²) in [4.78, 5) is 0. The maximum absolute atomic E-state index is 2.36. The molecule has 2 unspecified atom stereocenters. The summed E-state index contributed by atoms with van der Waals surface area (Å²) in [5.41, 5.74) is 1.43. The Morgan fingerprint density at radius 1 is 0.387 bits per heavy atom. The van der Waals surface area contributed by atoms with Crippen molar-refractivity contribution in [3.05, 3.63) is 121 Å². The Bertz CT molecular complexity index is 897. The molecule has 0 saturated heterocycles. The highest BCUT2D eigenvalue weighted by Crippen LogP contribution is 2.57. The van der Waals surface area contributed by atoms with E-state index in [-0.39, 0.29) is 15.8 Å². The Kier molecular flexibility index (Phi) is 6.60. The molecule has 0 N–H and O–H groups in total. The normalized spacial score (nSPS) is 18.5. The zero-order valence-corrected chi connectivity index (χ0v) is 19.5. The van der Waals surface area contributed by atoms with Crippen LogP contribution in [0.3, 0.4) is 0 Å². The van der Waals surface area contributed by atoms with Gasteiger partial charge in [0.2, 0.25) is 0 Å². The van der Waals surface area contributed by atoms with Crippen molar-refractivity contribution >= 4 is 37.1 Å². The molecule has 0 amide bonds. The lowest BCUT2D eigenvalue weighted by Crippen LogP contribution is -2.31. The van der Waals surface area contributed by atoms with Crippen molar-refractivity contribution in [3.8, 4) is 0 Å². The lowest BCUT2D eigenvalue weighted by Gasteiger charge is -2.35. The van der Waals surface area contributed by atoms with Crippen molar-refractivity contribution in [2.45, 2.75) is 30.6 Å². The van der Waals surface area contributed by atoms with Gasteiger partial charge in [-0.15, -0.1) is 0 Å². The first-order chi connectivity index (χ1) is 15.4. The maximum atomic E-state index is 2.36. The quantitative estimate of drug-likeness (QED) is 0.316. The van der Waals surface area contributed by atoms with E-state index in [0.29, 0.717) is 11.3 Å². The second-order valence-electron chi connectivity index (χ2n) is 8.15. The highest BCUT2D eigenvalue weighted by molar-refractivity contribution is 7.77. The van der Waals surface area contributed by atoms with Crippen LogP contribution in [0.2, 0.25) is 0 Å². The van der Waals surface area contributed by atoms with Gasteiger partial charge in [-0.3, -0.25) is 0 Å². The van der Waals surface area contributed by atoms with Crippen LogP contribution in [-0.2, 0) is 0 Å². The SMILES string of the molecule is c1ccc(P(c2ccccc2)C2CCCC2P(c2ccccc2)c2ccccc2)cc1. The van der Waals surface area contributed by atoms with Gasteiger partial charge in [0.05, 0.1) is 0 Å². The molecule has 2 heteroatoms. The van der Waals surface area contributed by atoms with E-state index in [1.54, 1.807) is 0 Å². The number of hydrogen-bond donors (Lipinski definition) is 0. The predicted molar refractivity (Wildman–Crippen MR) is 140 cm³/mol. The van der Waals surface area contributed by atoms with Gasteiger partial charge in [-0.05, 0) is 61.2 Å². The van der Waals surface area contributed by atoms with Crippen molar-refractivity contribution in [1.82, 2.24) is 0 Å². The zero-order valence-electron chi connectivity index (χ0n) is 17.7. The molecule has 0 radical (unpaired) electrons. The third kappa shape index (κ3) is 4.52. The first kappa shape index (κ1) is 20.6. The van der Waals surface area contributed by atoms with Crippen LogP contribution in [0.4, 0.5) is 0 Å². The highest BCUT2D eigenvalue weighted by Gasteiger charge is 2.40. The van der Waals surface area contributed by atoms with E-state index in [0.717, 1.165) is 0 Å². The van der Waals surface area contributed by atoms with E-state index < -0.39 is 0 Å². The molecule has 1 aliphatic rings. The first-order valence-corrected chi connectivity index (χ1v) is 14.0. The largest absolute Gasteiger partial charge is 0.0622 e. The van der Waals surface area contributed by atoms with Gasteiger partial charge in [0.25, 0.3) is 0 Å². The molecule has 0 bridgehead atoms. The van der Waals surface area contributed by atoms with Crippen molar-refractivity contribution in [2.75, 3.05) is 0 Å². The summed E-state index contributed by atoms with van der Waals surface area (Å²) in [6.07, 6.45) is 4.00. The van der Waals surface area contributed by atoms with E-state index >= 15 is 0 Å². The molecular formula is C29H28P2. The van der Waals surface area contributed by atoms with E-state index in [1.807, 2.05) is 0 Å². The third-order valence-corrected chi connectivity index (χ3v) is 12.5. The Hall–Kier alpha value is -2.26. The van der Waals surface area contributed by atoms with Crippen molar-refractivity contribution < 1.29 is 0 Å². The number of benzene rings is 4. The van der Waals surface area contributed by atoms with Crippen molar-refractivity contribution in [2.24, 2.45) is 0 Å².